The Morgan fingerprint density at radius 2 is 1.48 bits per heavy atom. The number of imidazole rings is 1. The molecule has 0 aliphatic heterocycles. The number of guanidine groups is 1. The quantitative estimate of drug-likeness (QED) is 0.0522. The van der Waals surface area contributed by atoms with E-state index in [1.165, 1.54) is 12.5 Å². The van der Waals surface area contributed by atoms with E-state index in [4.69, 9.17) is 28.7 Å². The maximum atomic E-state index is 14.1. The zero-order valence-corrected chi connectivity index (χ0v) is 24.3. The molecule has 14 nitrogen and oxygen atoms in total. The lowest BCUT2D eigenvalue weighted by molar-refractivity contribution is -0.141. The second-order valence-electron chi connectivity index (χ2n) is 10.5. The first-order valence-corrected chi connectivity index (χ1v) is 14.1. The Hall–Kier alpha value is -5.24. The third-order valence-electron chi connectivity index (χ3n) is 7.28. The van der Waals surface area contributed by atoms with Gasteiger partial charge in [-0.2, -0.15) is 0 Å². The first-order chi connectivity index (χ1) is 21.0. The van der Waals surface area contributed by atoms with Crippen molar-refractivity contribution in [3.8, 4) is 0 Å². The molecule has 0 aliphatic rings. The number of hydrogen-bond donors (Lipinski definition) is 8. The molecule has 1 unspecified atom stereocenters. The predicted molar refractivity (Wildman–Crippen MR) is 165 cm³/mol. The van der Waals surface area contributed by atoms with Gasteiger partial charge >= 0.3 is 0 Å². The molecule has 0 saturated heterocycles. The van der Waals surface area contributed by atoms with Gasteiger partial charge in [-0.3, -0.25) is 24.2 Å². The van der Waals surface area contributed by atoms with Crippen LogP contribution in [0.2, 0.25) is 0 Å². The number of amides is 4. The highest BCUT2D eigenvalue weighted by atomic mass is 16.2. The summed E-state index contributed by atoms with van der Waals surface area (Å²) in [6.07, 6.45) is 3.13. The number of nitrogens with one attached hydrogen (secondary N) is 3. The molecule has 0 aliphatic carbocycles. The molecule has 3 rings (SSSR count). The van der Waals surface area contributed by atoms with Gasteiger partial charge in [0.2, 0.25) is 23.6 Å². The summed E-state index contributed by atoms with van der Waals surface area (Å²) in [6, 6.07) is 15.7. The Labute approximate surface area is 255 Å². The van der Waals surface area contributed by atoms with Gasteiger partial charge < -0.3 is 44.3 Å². The van der Waals surface area contributed by atoms with Crippen LogP contribution in [0.1, 0.15) is 29.7 Å². The van der Waals surface area contributed by atoms with Gasteiger partial charge in [-0.15, -0.1) is 0 Å². The number of aliphatic imine (C=N–C) groups is 1. The van der Waals surface area contributed by atoms with Crippen molar-refractivity contribution in [3.05, 3.63) is 90.0 Å². The lowest BCUT2D eigenvalue weighted by Gasteiger charge is -2.39. The average molecular weight is 605 g/mol. The molecule has 1 heterocycles. The Balaban J connectivity index is 2.03. The van der Waals surface area contributed by atoms with Gasteiger partial charge in [0.05, 0.1) is 18.3 Å². The summed E-state index contributed by atoms with van der Waals surface area (Å²) in [7, 11) is 0. The van der Waals surface area contributed by atoms with Crippen molar-refractivity contribution in [2.24, 2.45) is 39.6 Å². The number of benzene rings is 2. The standard InChI is InChI=1S/C30H40N10O4/c31-23(15-20-10-5-2-6-11-20)27(43)40-30(28(33)44,12-7-13-37-29(34)35)22(14-19-8-3-1-4-9-19)26(42)39-24(25(32)41)16-21-17-36-18-38-21/h1-6,8-11,17-18,22-24H,7,12-16,31H2,(H2,32,41)(H2,33,44)(H,36,38)(H,39,42)(H,40,43)(H4,34,35,37)/t22-,23+,24+,30?/m1/s1. The Morgan fingerprint density at radius 3 is 2.00 bits per heavy atom. The Morgan fingerprint density at radius 1 is 0.864 bits per heavy atom. The van der Waals surface area contributed by atoms with Crippen LogP contribution >= 0.6 is 0 Å². The normalized spacial score (nSPS) is 14.3. The number of hydrogen-bond acceptors (Lipinski definition) is 7. The first-order valence-electron chi connectivity index (χ1n) is 14.1. The molecular weight excluding hydrogens is 564 g/mol. The lowest BCUT2D eigenvalue weighted by Crippen LogP contribution is -2.68. The number of aromatic nitrogens is 2. The van der Waals surface area contributed by atoms with E-state index in [0.29, 0.717) is 11.3 Å². The van der Waals surface area contributed by atoms with Crippen molar-refractivity contribution >= 4 is 29.6 Å². The van der Waals surface area contributed by atoms with Crippen molar-refractivity contribution in [3.63, 3.8) is 0 Å². The fourth-order valence-electron chi connectivity index (χ4n) is 4.97. The molecule has 0 spiro atoms. The molecule has 1 aromatic heterocycles. The van der Waals surface area contributed by atoms with Crippen LogP contribution in [0, 0.1) is 5.92 Å². The minimum atomic E-state index is -1.96. The summed E-state index contributed by atoms with van der Waals surface area (Å²) in [5.74, 6) is -4.65. The highest BCUT2D eigenvalue weighted by molar-refractivity contribution is 5.98. The third kappa shape index (κ3) is 9.39. The van der Waals surface area contributed by atoms with Crippen LogP contribution in [0.3, 0.4) is 0 Å². The topological polar surface area (TPSA) is 263 Å². The van der Waals surface area contributed by atoms with Crippen LogP contribution in [-0.2, 0) is 38.4 Å². The van der Waals surface area contributed by atoms with Gasteiger partial charge in [0.25, 0.3) is 0 Å². The van der Waals surface area contributed by atoms with Gasteiger partial charge in [-0.05, 0) is 36.8 Å². The molecule has 0 bridgehead atoms. The van der Waals surface area contributed by atoms with Crippen LogP contribution in [0.4, 0.5) is 0 Å². The third-order valence-corrected chi connectivity index (χ3v) is 7.28. The smallest absolute Gasteiger partial charge is 0.244 e. The molecule has 44 heavy (non-hydrogen) atoms. The van der Waals surface area contributed by atoms with Gasteiger partial charge in [0, 0.05) is 24.9 Å². The van der Waals surface area contributed by atoms with E-state index in [1.807, 2.05) is 30.3 Å². The van der Waals surface area contributed by atoms with Crippen LogP contribution in [0.15, 0.2) is 78.2 Å². The number of carbonyl (C=O) groups excluding carboxylic acids is 4. The van der Waals surface area contributed by atoms with E-state index in [1.54, 1.807) is 30.3 Å². The van der Waals surface area contributed by atoms with E-state index in [9.17, 15) is 19.2 Å². The maximum Gasteiger partial charge on any atom is 0.244 e. The molecule has 4 amide bonds. The highest BCUT2D eigenvalue weighted by Crippen LogP contribution is 2.29. The molecule has 234 valence electrons. The number of nitrogens with zero attached hydrogens (tertiary/aromatic N) is 2. The summed E-state index contributed by atoms with van der Waals surface area (Å²) in [5, 5.41) is 5.41. The minimum Gasteiger partial charge on any atom is -0.370 e. The maximum absolute atomic E-state index is 14.1. The van der Waals surface area contributed by atoms with E-state index >= 15 is 0 Å². The molecule has 14 heteroatoms. The van der Waals surface area contributed by atoms with E-state index < -0.39 is 47.2 Å². The SMILES string of the molecule is NC(=O)[C@H](Cc1cnc[nH]1)NC(=O)[C@@H](Cc1ccccc1)C(CCCN=C(N)N)(NC(=O)[C@@H](N)Cc1ccccc1)C(N)=O. The van der Waals surface area contributed by atoms with E-state index in [2.05, 4.69) is 25.6 Å². The van der Waals surface area contributed by atoms with Gasteiger partial charge in [-0.1, -0.05) is 60.7 Å². The molecule has 0 fully saturated rings. The van der Waals surface area contributed by atoms with E-state index in [-0.39, 0.29) is 44.6 Å². The van der Waals surface area contributed by atoms with E-state index in [0.717, 1.165) is 5.56 Å². The number of rotatable bonds is 17. The van der Waals surface area contributed by atoms with Crippen molar-refractivity contribution in [1.82, 2.24) is 20.6 Å². The number of primary amides is 2. The molecule has 2 aromatic carbocycles. The molecule has 0 radical (unpaired) electrons. The van der Waals surface area contributed by atoms with Crippen molar-refractivity contribution in [2.75, 3.05) is 6.54 Å². The average Bonchev–Trinajstić information content (AvgIpc) is 3.51. The zero-order chi connectivity index (χ0) is 32.1. The predicted octanol–water partition coefficient (Wildman–Crippen LogP) is -1.25. The summed E-state index contributed by atoms with van der Waals surface area (Å²) in [4.78, 5) is 64.4. The van der Waals surface area contributed by atoms with Crippen LogP contribution in [-0.4, -0.2) is 63.7 Å². The highest BCUT2D eigenvalue weighted by Gasteiger charge is 2.49. The molecule has 0 saturated carbocycles. The fraction of sp³-hybridized carbons (Fsp3) is 0.333. The monoisotopic (exact) mass is 604 g/mol. The van der Waals surface area contributed by atoms with Gasteiger partial charge in [0.1, 0.15) is 11.6 Å². The fourth-order valence-corrected chi connectivity index (χ4v) is 4.97. The largest absolute Gasteiger partial charge is 0.370 e. The number of nitrogens with two attached hydrogens (primary N) is 5. The second-order valence-corrected chi connectivity index (χ2v) is 10.5. The summed E-state index contributed by atoms with van der Waals surface area (Å²) >= 11 is 0. The van der Waals surface area contributed by atoms with Gasteiger partial charge in [0.15, 0.2) is 5.96 Å². The number of carbonyl (C=O) groups is 4. The van der Waals surface area contributed by atoms with Gasteiger partial charge in [-0.25, -0.2) is 4.98 Å². The lowest BCUT2D eigenvalue weighted by atomic mass is 9.74. The molecule has 13 N–H and O–H groups in total. The minimum absolute atomic E-state index is 0.0154. The molecule has 3 aromatic rings. The van der Waals surface area contributed by atoms with Crippen molar-refractivity contribution in [2.45, 2.75) is 49.7 Å². The second kappa shape index (κ2) is 15.8. The van der Waals surface area contributed by atoms with Crippen molar-refractivity contribution < 1.29 is 19.2 Å². The van der Waals surface area contributed by atoms with Crippen molar-refractivity contribution in [1.29, 1.82) is 0 Å². The van der Waals surface area contributed by atoms with Crippen LogP contribution in [0.5, 0.6) is 0 Å². The summed E-state index contributed by atoms with van der Waals surface area (Å²) in [5.41, 5.74) is 29.0. The van der Waals surface area contributed by atoms with Crippen LogP contribution < -0.4 is 39.3 Å². The molecular formula is C30H40N10O4. The number of aromatic amines is 1. The summed E-state index contributed by atoms with van der Waals surface area (Å²) < 4.78 is 0. The van der Waals surface area contributed by atoms with Crippen LogP contribution in [0.25, 0.3) is 0 Å². The number of H-pyrrole nitrogens is 1. The Kier molecular flexibility index (Phi) is 12.0. The summed E-state index contributed by atoms with van der Waals surface area (Å²) in [6.45, 7) is 0.0900. The molecule has 4 atom stereocenters. The Bertz CT molecular complexity index is 1410. The zero-order valence-electron chi connectivity index (χ0n) is 24.3. The first kappa shape index (κ1) is 33.3.